The molecule has 1 aliphatic heterocycles. The Hall–Kier alpha value is -7.40. The third-order valence-corrected chi connectivity index (χ3v) is 17.3. The summed E-state index contributed by atoms with van der Waals surface area (Å²) in [5.74, 6) is 1.98. The summed E-state index contributed by atoms with van der Waals surface area (Å²) < 4.78 is 16.1. The molecular weight excluding hydrogens is 1230 g/mol. The first-order valence-corrected chi connectivity index (χ1v) is 30.3. The van der Waals surface area contributed by atoms with Crippen molar-refractivity contribution in [1.29, 1.82) is 0 Å². The summed E-state index contributed by atoms with van der Waals surface area (Å²) in [6.45, 7) is 45.9. The quantitative estimate of drug-likeness (QED) is 0.149. The monoisotopic (exact) mass is 1310 g/mol. The number of hydrogen-bond donors (Lipinski definition) is 0. The van der Waals surface area contributed by atoms with E-state index in [1.165, 1.54) is 38.9 Å². The van der Waals surface area contributed by atoms with Gasteiger partial charge in [0.2, 0.25) is 0 Å². The van der Waals surface area contributed by atoms with Crippen LogP contribution in [-0.4, -0.2) is 9.55 Å². The van der Waals surface area contributed by atoms with Crippen LogP contribution in [0.3, 0.4) is 0 Å². The molecule has 0 N–H and O–H groups in total. The number of benzene rings is 8. The topological polar surface area (TPSA) is 46.7 Å². The number of hydrogen-bond acceptors (Lipinski definition) is 5. The summed E-state index contributed by atoms with van der Waals surface area (Å²) in [5.41, 5.74) is 20.5. The molecule has 4 heterocycles. The first-order valence-electron chi connectivity index (χ1n) is 30.3. The van der Waals surface area contributed by atoms with Gasteiger partial charge in [0, 0.05) is 83.2 Å². The van der Waals surface area contributed by atoms with E-state index >= 15 is 0 Å². The molecule has 1 aliphatic rings. The molecule has 444 valence electrons. The molecule has 12 rings (SSSR count). The van der Waals surface area contributed by atoms with Gasteiger partial charge in [-0.3, -0.25) is 0 Å². The van der Waals surface area contributed by atoms with Crippen molar-refractivity contribution < 1.29 is 30.2 Å². The molecule has 6 nitrogen and oxygen atoms in total. The Bertz CT molecular complexity index is 4300. The Balaban J connectivity index is 0.00000768. The molecule has 8 aromatic carbocycles. The summed E-state index contributed by atoms with van der Waals surface area (Å²) in [6, 6.07) is 61.4. The van der Waals surface area contributed by atoms with Crippen LogP contribution in [0.1, 0.15) is 164 Å². The summed E-state index contributed by atoms with van der Waals surface area (Å²) >= 11 is 0. The van der Waals surface area contributed by atoms with Gasteiger partial charge >= 0.3 is 0 Å². The Morgan fingerprint density at radius 1 is 0.477 bits per heavy atom. The number of anilines is 4. The van der Waals surface area contributed by atoms with Crippen LogP contribution in [-0.2, 0) is 53.6 Å². The van der Waals surface area contributed by atoms with Crippen LogP contribution >= 0.6 is 0 Å². The van der Waals surface area contributed by atoms with E-state index in [1.54, 1.807) is 0 Å². The molecule has 0 spiro atoms. The van der Waals surface area contributed by atoms with Crippen LogP contribution in [0.15, 0.2) is 156 Å². The molecule has 0 aliphatic carbocycles. The number of para-hydroxylation sites is 4. The van der Waals surface area contributed by atoms with Gasteiger partial charge < -0.3 is 23.5 Å². The zero-order valence-corrected chi connectivity index (χ0v) is 56.2. The summed E-state index contributed by atoms with van der Waals surface area (Å²) in [4.78, 5) is 9.86. The van der Waals surface area contributed by atoms with Crippen molar-refractivity contribution in [1.82, 2.24) is 9.55 Å². The van der Waals surface area contributed by atoms with Gasteiger partial charge in [-0.05, 0) is 126 Å². The van der Waals surface area contributed by atoms with E-state index in [-0.39, 0.29) is 53.6 Å². The van der Waals surface area contributed by atoms with E-state index in [9.17, 15) is 0 Å². The zero-order chi connectivity index (χ0) is 60.7. The van der Waals surface area contributed by atoms with Crippen molar-refractivity contribution in [3.63, 3.8) is 0 Å². The Kier molecular flexibility index (Phi) is 14.9. The zero-order valence-electron chi connectivity index (χ0n) is 53.9. The normalized spacial score (nSPS) is 13.6. The first-order chi connectivity index (χ1) is 39.8. The van der Waals surface area contributed by atoms with E-state index in [1.807, 2.05) is 24.4 Å². The minimum atomic E-state index is -0.244. The van der Waals surface area contributed by atoms with Crippen molar-refractivity contribution in [3.05, 3.63) is 210 Å². The number of aromatic nitrogens is 2. The molecule has 0 radical (unpaired) electrons. The van der Waals surface area contributed by atoms with Gasteiger partial charge in [-0.2, -0.15) is 6.07 Å². The number of rotatable bonds is 7. The molecule has 86 heavy (non-hydrogen) atoms. The molecule has 0 fully saturated rings. The van der Waals surface area contributed by atoms with Crippen LogP contribution < -0.4 is 14.5 Å². The molecule has 0 amide bonds. The predicted molar refractivity (Wildman–Crippen MR) is 359 cm³/mol. The second-order valence-corrected chi connectivity index (χ2v) is 30.1. The molecule has 3 aromatic heterocycles. The molecule has 0 saturated heterocycles. The fourth-order valence-electron chi connectivity index (χ4n) is 12.2. The number of fused-ring (bicyclic) bond motifs is 8. The maximum atomic E-state index is 7.13. The third kappa shape index (κ3) is 11.0. The number of pyridine rings is 1. The number of furan rings is 1. The summed E-state index contributed by atoms with van der Waals surface area (Å²) in [7, 11) is 0. The predicted octanol–water partition coefficient (Wildman–Crippen LogP) is 22.3. The van der Waals surface area contributed by atoms with Crippen molar-refractivity contribution in [2.75, 3.05) is 9.80 Å². The van der Waals surface area contributed by atoms with Crippen LogP contribution in [0.5, 0.6) is 11.5 Å². The van der Waals surface area contributed by atoms with Crippen LogP contribution in [0.2, 0.25) is 0 Å². The molecular formula is C79H83N4O2Pt-3. The van der Waals surface area contributed by atoms with Crippen LogP contribution in [0.25, 0.3) is 71.8 Å². The van der Waals surface area contributed by atoms with Gasteiger partial charge in [-0.25, -0.2) is 4.98 Å². The fourth-order valence-corrected chi connectivity index (χ4v) is 12.2. The van der Waals surface area contributed by atoms with E-state index in [0.717, 1.165) is 94.6 Å². The van der Waals surface area contributed by atoms with Gasteiger partial charge in [0.15, 0.2) is 0 Å². The van der Waals surface area contributed by atoms with Crippen molar-refractivity contribution >= 4 is 66.5 Å². The van der Waals surface area contributed by atoms with Gasteiger partial charge in [0.1, 0.15) is 17.0 Å². The molecule has 7 heteroatoms. The Morgan fingerprint density at radius 2 is 1.00 bits per heavy atom. The molecule has 0 unspecified atom stereocenters. The second kappa shape index (κ2) is 21.2. The average Bonchev–Trinajstić information content (AvgIpc) is 1.56. The fraction of sp³-hybridized carbons (Fsp3) is 0.316. The summed E-state index contributed by atoms with van der Waals surface area (Å²) in [5, 5.41) is 4.18. The largest absolute Gasteiger partial charge is 0.509 e. The van der Waals surface area contributed by atoms with Crippen molar-refractivity contribution in [2.24, 2.45) is 0 Å². The van der Waals surface area contributed by atoms with E-state index in [2.05, 4.69) is 292 Å². The standard InChI is InChI=1S/C79H83N4O2.Pt/c1-48-46-80-70(45-64(48)79(17,18)19)83-67-34-33-62-61-25-20-23-30-69(61)85-73(62)71(67)63-32-31-57(44-68(63)83)84-58-42-55(78(14,15)16)41-56(43-58)81-47-82(66-29-22-21-28-65(66)81)72-59(49-35-51(74(2,3)4)39-52(36-49)75(5,6)7)26-24-27-60(72)50-37-53(76(8,9)10)40-54(38-50)77(11,12)13;/h20-42,45-47H,1-19H3;/q-3;. The molecule has 0 atom stereocenters. The molecule has 11 aromatic rings. The van der Waals surface area contributed by atoms with Gasteiger partial charge in [0.25, 0.3) is 0 Å². The minimum Gasteiger partial charge on any atom is -0.509 e. The maximum Gasteiger partial charge on any atom is 0.135 e. The Labute approximate surface area is 525 Å². The van der Waals surface area contributed by atoms with Crippen molar-refractivity contribution in [2.45, 2.75) is 164 Å². The minimum absolute atomic E-state index is 0. The number of ether oxygens (including phenoxy) is 1. The second-order valence-electron chi connectivity index (χ2n) is 30.1. The van der Waals surface area contributed by atoms with E-state index in [0.29, 0.717) is 11.5 Å². The first kappa shape index (κ1) is 60.3. The van der Waals surface area contributed by atoms with Gasteiger partial charge in [-0.15, -0.1) is 48.3 Å². The molecule has 0 bridgehead atoms. The third-order valence-electron chi connectivity index (χ3n) is 17.3. The SMILES string of the molecule is Cc1cnc(-n2c3[c-]c(Oc4[c-]c(N5[CH-]N(c6c(-c7cc(C(C)(C)C)cc(C(C)(C)C)c7)cccc6-c6cc(C(C)(C)C)cc(C(C)(C)C)c6)c6ccccc65)cc(C(C)(C)C)c4)ccc3c3c4oc5ccccc5c4ccc32)cc1C(C)(C)C.[Pt]. The van der Waals surface area contributed by atoms with Crippen molar-refractivity contribution in [3.8, 4) is 39.6 Å². The smallest absolute Gasteiger partial charge is 0.135 e. The van der Waals surface area contributed by atoms with Gasteiger partial charge in [-0.1, -0.05) is 220 Å². The number of aryl methyl sites for hydroxylation is 1. The number of nitrogens with zero attached hydrogens (tertiary/aromatic N) is 4. The van der Waals surface area contributed by atoms with E-state index < -0.39 is 0 Å². The molecule has 0 saturated carbocycles. The summed E-state index contributed by atoms with van der Waals surface area (Å²) in [6.07, 6.45) is 2.00. The van der Waals surface area contributed by atoms with E-state index in [4.69, 9.17) is 14.1 Å². The maximum absolute atomic E-state index is 7.13. The van der Waals surface area contributed by atoms with Crippen LogP contribution in [0.4, 0.5) is 22.7 Å². The average molecular weight is 1320 g/mol. The Morgan fingerprint density at radius 3 is 1.56 bits per heavy atom. The van der Waals surface area contributed by atoms with Crippen LogP contribution in [0, 0.1) is 25.7 Å². The van der Waals surface area contributed by atoms with Gasteiger partial charge in [0.05, 0.1) is 0 Å².